The van der Waals surface area contributed by atoms with Gasteiger partial charge in [0, 0.05) is 4.88 Å². The summed E-state index contributed by atoms with van der Waals surface area (Å²) in [6.07, 6.45) is 0.306. The van der Waals surface area contributed by atoms with Gasteiger partial charge < -0.3 is 15.7 Å². The number of halogens is 1. The smallest absolute Gasteiger partial charge is 0.329 e. The Hall–Kier alpha value is -1.27. The van der Waals surface area contributed by atoms with E-state index in [0.717, 1.165) is 4.88 Å². The van der Waals surface area contributed by atoms with Gasteiger partial charge in [-0.15, -0.1) is 11.3 Å². The lowest BCUT2D eigenvalue weighted by Gasteiger charge is -2.24. The van der Waals surface area contributed by atoms with Crippen LogP contribution in [0, 0.1) is 0 Å². The Balaban J connectivity index is 2.49. The van der Waals surface area contributed by atoms with E-state index < -0.39 is 17.5 Å². The Labute approximate surface area is 114 Å². The molecule has 0 bridgehead atoms. The average Bonchev–Trinajstić information content (AvgIpc) is 2.72. The number of urea groups is 1. The van der Waals surface area contributed by atoms with Crippen LogP contribution in [0.25, 0.3) is 0 Å². The molecule has 1 aromatic rings. The standard InChI is InChI=1S/C11H15ClN2O3S/c1-3-11(2,9(15)16)14-10(17)13-6-7-4-5-8(12)18-7/h4-5H,3,6H2,1-2H3,(H,15,16)(H2,13,14,17). The number of amides is 2. The molecule has 0 aliphatic heterocycles. The van der Waals surface area contributed by atoms with E-state index >= 15 is 0 Å². The highest BCUT2D eigenvalue weighted by Crippen LogP contribution is 2.21. The number of carboxylic acids is 1. The first-order valence-corrected chi connectivity index (χ1v) is 6.60. The van der Waals surface area contributed by atoms with E-state index in [1.54, 1.807) is 13.0 Å². The molecule has 2 amide bonds. The van der Waals surface area contributed by atoms with Crippen molar-refractivity contribution in [1.29, 1.82) is 0 Å². The van der Waals surface area contributed by atoms with Crippen LogP contribution in [0.15, 0.2) is 12.1 Å². The molecule has 0 saturated carbocycles. The summed E-state index contributed by atoms with van der Waals surface area (Å²) in [6, 6.07) is 3.05. The number of aliphatic carboxylic acids is 1. The highest BCUT2D eigenvalue weighted by Gasteiger charge is 2.32. The number of carbonyl (C=O) groups is 2. The summed E-state index contributed by atoms with van der Waals surface area (Å²) in [5.74, 6) is -1.06. The molecular weight excluding hydrogens is 276 g/mol. The van der Waals surface area contributed by atoms with Crippen LogP contribution in [-0.4, -0.2) is 22.6 Å². The molecule has 0 aliphatic carbocycles. The lowest BCUT2D eigenvalue weighted by Crippen LogP contribution is -2.54. The number of carbonyl (C=O) groups excluding carboxylic acids is 1. The molecule has 1 heterocycles. The molecule has 1 atom stereocenters. The van der Waals surface area contributed by atoms with Crippen LogP contribution in [0.4, 0.5) is 4.79 Å². The summed E-state index contributed by atoms with van der Waals surface area (Å²) in [7, 11) is 0. The first kappa shape index (κ1) is 14.8. The summed E-state index contributed by atoms with van der Waals surface area (Å²) < 4.78 is 0.649. The van der Waals surface area contributed by atoms with Crippen LogP contribution in [0.3, 0.4) is 0 Å². The molecule has 1 unspecified atom stereocenters. The molecule has 0 saturated heterocycles. The zero-order valence-corrected chi connectivity index (χ0v) is 11.7. The molecule has 7 heteroatoms. The van der Waals surface area contributed by atoms with Gasteiger partial charge in [0.1, 0.15) is 5.54 Å². The third-order valence-corrected chi connectivity index (χ3v) is 3.85. The van der Waals surface area contributed by atoms with Gasteiger partial charge in [-0.2, -0.15) is 0 Å². The van der Waals surface area contributed by atoms with E-state index in [9.17, 15) is 9.59 Å². The van der Waals surface area contributed by atoms with Gasteiger partial charge in [0.15, 0.2) is 0 Å². The summed E-state index contributed by atoms with van der Waals surface area (Å²) in [5.41, 5.74) is -1.25. The van der Waals surface area contributed by atoms with E-state index in [4.69, 9.17) is 16.7 Å². The number of hydrogen-bond donors (Lipinski definition) is 3. The highest BCUT2D eigenvalue weighted by atomic mass is 35.5. The van der Waals surface area contributed by atoms with Crippen LogP contribution >= 0.6 is 22.9 Å². The van der Waals surface area contributed by atoms with Gasteiger partial charge in [-0.25, -0.2) is 9.59 Å². The second-order valence-corrected chi connectivity index (χ2v) is 5.80. The van der Waals surface area contributed by atoms with Gasteiger partial charge in [-0.05, 0) is 25.5 Å². The van der Waals surface area contributed by atoms with Crippen molar-refractivity contribution >= 4 is 34.9 Å². The normalized spacial score (nSPS) is 13.7. The maximum Gasteiger partial charge on any atom is 0.329 e. The molecule has 1 aromatic heterocycles. The zero-order chi connectivity index (χ0) is 13.8. The van der Waals surface area contributed by atoms with Crippen molar-refractivity contribution in [2.75, 3.05) is 0 Å². The minimum Gasteiger partial charge on any atom is -0.480 e. The lowest BCUT2D eigenvalue weighted by molar-refractivity contribution is -0.143. The van der Waals surface area contributed by atoms with Crippen LogP contribution in [0.5, 0.6) is 0 Å². The molecule has 5 nitrogen and oxygen atoms in total. The van der Waals surface area contributed by atoms with Gasteiger partial charge in [0.25, 0.3) is 0 Å². The van der Waals surface area contributed by atoms with Gasteiger partial charge in [0.2, 0.25) is 0 Å². The third-order valence-electron chi connectivity index (χ3n) is 2.62. The van der Waals surface area contributed by atoms with E-state index in [1.165, 1.54) is 18.3 Å². The number of thiophene rings is 1. The Morgan fingerprint density at radius 2 is 2.17 bits per heavy atom. The minimum atomic E-state index is -1.25. The van der Waals surface area contributed by atoms with Crippen molar-refractivity contribution in [2.45, 2.75) is 32.4 Å². The van der Waals surface area contributed by atoms with E-state index in [0.29, 0.717) is 17.3 Å². The van der Waals surface area contributed by atoms with Crippen molar-refractivity contribution in [2.24, 2.45) is 0 Å². The quantitative estimate of drug-likeness (QED) is 0.779. The molecule has 1 rings (SSSR count). The van der Waals surface area contributed by atoms with Crippen molar-refractivity contribution in [1.82, 2.24) is 10.6 Å². The first-order valence-electron chi connectivity index (χ1n) is 5.41. The molecule has 0 fully saturated rings. The molecule has 0 aromatic carbocycles. The number of hydrogen-bond acceptors (Lipinski definition) is 3. The number of carboxylic acid groups (broad SMARTS) is 1. The topological polar surface area (TPSA) is 78.4 Å². The molecule has 0 aliphatic rings. The molecule has 0 spiro atoms. The molecule has 3 N–H and O–H groups in total. The Morgan fingerprint density at radius 1 is 1.50 bits per heavy atom. The van der Waals surface area contributed by atoms with E-state index in [1.807, 2.05) is 6.07 Å². The zero-order valence-electron chi connectivity index (χ0n) is 10.1. The Kier molecular flexibility index (Phi) is 4.98. The summed E-state index contributed by atoms with van der Waals surface area (Å²) >= 11 is 7.13. The maximum absolute atomic E-state index is 11.6. The van der Waals surface area contributed by atoms with Gasteiger partial charge in [-0.3, -0.25) is 0 Å². The SMILES string of the molecule is CCC(C)(NC(=O)NCc1ccc(Cl)s1)C(=O)O. The monoisotopic (exact) mass is 290 g/mol. The predicted octanol–water partition coefficient (Wildman–Crippen LogP) is 2.45. The fourth-order valence-electron chi connectivity index (χ4n) is 1.20. The van der Waals surface area contributed by atoms with E-state index in [2.05, 4.69) is 10.6 Å². The minimum absolute atomic E-state index is 0.306. The fourth-order valence-corrected chi connectivity index (χ4v) is 2.23. The van der Waals surface area contributed by atoms with Gasteiger partial charge in [0.05, 0.1) is 10.9 Å². The fraction of sp³-hybridized carbons (Fsp3) is 0.455. The third kappa shape index (κ3) is 3.89. The van der Waals surface area contributed by atoms with Crippen molar-refractivity contribution < 1.29 is 14.7 Å². The van der Waals surface area contributed by atoms with Crippen LogP contribution in [0.2, 0.25) is 4.34 Å². The largest absolute Gasteiger partial charge is 0.480 e. The van der Waals surface area contributed by atoms with Crippen molar-refractivity contribution in [3.63, 3.8) is 0 Å². The molecule has 100 valence electrons. The maximum atomic E-state index is 11.6. The Morgan fingerprint density at radius 3 is 2.61 bits per heavy atom. The van der Waals surface area contributed by atoms with Gasteiger partial charge >= 0.3 is 12.0 Å². The summed E-state index contributed by atoms with van der Waals surface area (Å²) in [4.78, 5) is 23.5. The Bertz CT molecular complexity index is 449. The second-order valence-electron chi connectivity index (χ2n) is 4.00. The molecule has 18 heavy (non-hydrogen) atoms. The molecular formula is C11H15ClN2O3S. The highest BCUT2D eigenvalue weighted by molar-refractivity contribution is 7.16. The lowest BCUT2D eigenvalue weighted by atomic mass is 10.00. The van der Waals surface area contributed by atoms with Crippen molar-refractivity contribution in [3.8, 4) is 0 Å². The van der Waals surface area contributed by atoms with Crippen LogP contribution < -0.4 is 10.6 Å². The first-order chi connectivity index (χ1) is 8.37. The van der Waals surface area contributed by atoms with Crippen molar-refractivity contribution in [3.05, 3.63) is 21.3 Å². The average molecular weight is 291 g/mol. The summed E-state index contributed by atoms with van der Waals surface area (Å²) in [5, 5.41) is 14.0. The van der Waals surface area contributed by atoms with Crippen LogP contribution in [-0.2, 0) is 11.3 Å². The molecule has 0 radical (unpaired) electrons. The van der Waals surface area contributed by atoms with Gasteiger partial charge in [-0.1, -0.05) is 18.5 Å². The number of rotatable bonds is 5. The van der Waals surface area contributed by atoms with Crippen LogP contribution in [0.1, 0.15) is 25.1 Å². The summed E-state index contributed by atoms with van der Waals surface area (Å²) in [6.45, 7) is 3.49. The van der Waals surface area contributed by atoms with E-state index in [-0.39, 0.29) is 0 Å². The second kappa shape index (κ2) is 6.06. The number of nitrogens with one attached hydrogen (secondary N) is 2. The predicted molar refractivity (Wildman–Crippen MR) is 71.0 cm³/mol.